The first kappa shape index (κ1) is 16.1. The molecule has 2 aromatic heterocycles. The van der Waals surface area contributed by atoms with Crippen LogP contribution in [0.2, 0.25) is 0 Å². The van der Waals surface area contributed by atoms with E-state index in [1.165, 1.54) is 11.6 Å². The third kappa shape index (κ3) is 3.51. The SMILES string of the molecule is Cc1cc(C)n(CC(=O)NNC(=O)c2n[nH]c(C)c2[N+](=O)[O-])n1. The third-order valence-electron chi connectivity index (χ3n) is 3.02. The summed E-state index contributed by atoms with van der Waals surface area (Å²) in [5.74, 6) is -1.41. The Morgan fingerprint density at radius 3 is 2.61 bits per heavy atom. The maximum absolute atomic E-state index is 11.9. The summed E-state index contributed by atoms with van der Waals surface area (Å²) in [6, 6.07) is 1.81. The number of nitro groups is 1. The molecular formula is C12H15N7O4. The quantitative estimate of drug-likeness (QED) is 0.529. The number of hydrogen-bond donors (Lipinski definition) is 3. The average Bonchev–Trinajstić information content (AvgIpc) is 2.99. The second-order valence-corrected chi connectivity index (χ2v) is 4.89. The van der Waals surface area contributed by atoms with Crippen molar-refractivity contribution in [2.24, 2.45) is 0 Å². The molecule has 0 aromatic carbocycles. The Balaban J connectivity index is 1.98. The van der Waals surface area contributed by atoms with Crippen molar-refractivity contribution in [1.82, 2.24) is 30.8 Å². The van der Waals surface area contributed by atoms with E-state index in [2.05, 4.69) is 26.1 Å². The molecule has 0 saturated carbocycles. The highest BCUT2D eigenvalue weighted by atomic mass is 16.6. The van der Waals surface area contributed by atoms with Gasteiger partial charge in [-0.25, -0.2) is 0 Å². The van der Waals surface area contributed by atoms with E-state index >= 15 is 0 Å². The van der Waals surface area contributed by atoms with Gasteiger partial charge in [0, 0.05) is 5.69 Å². The number of aromatic amines is 1. The predicted molar refractivity (Wildman–Crippen MR) is 77.3 cm³/mol. The number of carbonyl (C=O) groups excluding carboxylic acids is 2. The number of nitrogens with one attached hydrogen (secondary N) is 3. The van der Waals surface area contributed by atoms with Crippen LogP contribution in [0.3, 0.4) is 0 Å². The van der Waals surface area contributed by atoms with Gasteiger partial charge in [0.15, 0.2) is 0 Å². The van der Waals surface area contributed by atoms with Crippen LogP contribution in [0.25, 0.3) is 0 Å². The summed E-state index contributed by atoms with van der Waals surface area (Å²) in [5, 5.41) is 20.9. The van der Waals surface area contributed by atoms with Crippen LogP contribution in [0.1, 0.15) is 27.6 Å². The molecule has 0 fully saturated rings. The van der Waals surface area contributed by atoms with E-state index in [-0.39, 0.29) is 12.2 Å². The summed E-state index contributed by atoms with van der Waals surface area (Å²) in [4.78, 5) is 33.8. The van der Waals surface area contributed by atoms with Gasteiger partial charge in [0.2, 0.25) is 5.69 Å². The summed E-state index contributed by atoms with van der Waals surface area (Å²) in [5.41, 5.74) is 5.12. The van der Waals surface area contributed by atoms with Crippen LogP contribution < -0.4 is 10.9 Å². The minimum Gasteiger partial charge on any atom is -0.275 e. The van der Waals surface area contributed by atoms with Gasteiger partial charge in [0.25, 0.3) is 11.8 Å². The van der Waals surface area contributed by atoms with E-state index in [0.717, 1.165) is 11.4 Å². The maximum Gasteiger partial charge on any atom is 0.322 e. The second kappa shape index (κ2) is 6.25. The molecule has 23 heavy (non-hydrogen) atoms. The Hall–Kier alpha value is -3.24. The molecule has 2 aromatic rings. The Labute approximate surface area is 130 Å². The van der Waals surface area contributed by atoms with E-state index in [1.807, 2.05) is 6.07 Å². The van der Waals surface area contributed by atoms with Crippen LogP contribution in [-0.2, 0) is 11.3 Å². The van der Waals surface area contributed by atoms with Crippen LogP contribution in [0.15, 0.2) is 6.07 Å². The third-order valence-corrected chi connectivity index (χ3v) is 3.02. The lowest BCUT2D eigenvalue weighted by molar-refractivity contribution is -0.385. The highest BCUT2D eigenvalue weighted by Gasteiger charge is 2.27. The van der Waals surface area contributed by atoms with Crippen molar-refractivity contribution in [2.45, 2.75) is 27.3 Å². The van der Waals surface area contributed by atoms with Gasteiger partial charge in [0.1, 0.15) is 12.2 Å². The van der Waals surface area contributed by atoms with E-state index in [1.54, 1.807) is 13.8 Å². The zero-order chi connectivity index (χ0) is 17.1. The van der Waals surface area contributed by atoms with Crippen molar-refractivity contribution in [3.05, 3.63) is 39.0 Å². The van der Waals surface area contributed by atoms with Gasteiger partial charge in [-0.2, -0.15) is 10.2 Å². The molecule has 0 bridgehead atoms. The molecule has 11 heteroatoms. The number of hydrogen-bond acceptors (Lipinski definition) is 6. The largest absolute Gasteiger partial charge is 0.322 e. The molecule has 3 N–H and O–H groups in total. The first-order chi connectivity index (χ1) is 10.8. The molecule has 0 radical (unpaired) electrons. The number of nitrogens with zero attached hydrogens (tertiary/aromatic N) is 4. The summed E-state index contributed by atoms with van der Waals surface area (Å²) in [6.45, 7) is 4.91. The zero-order valence-electron chi connectivity index (χ0n) is 12.7. The van der Waals surface area contributed by atoms with Gasteiger partial charge >= 0.3 is 5.69 Å². The van der Waals surface area contributed by atoms with Gasteiger partial charge in [-0.05, 0) is 26.8 Å². The van der Waals surface area contributed by atoms with Gasteiger partial charge in [0.05, 0.1) is 10.6 Å². The summed E-state index contributed by atoms with van der Waals surface area (Å²) < 4.78 is 1.47. The fourth-order valence-corrected chi connectivity index (χ4v) is 2.00. The summed E-state index contributed by atoms with van der Waals surface area (Å²) in [7, 11) is 0. The monoisotopic (exact) mass is 321 g/mol. The summed E-state index contributed by atoms with van der Waals surface area (Å²) in [6.07, 6.45) is 0. The number of aromatic nitrogens is 4. The molecule has 0 aliphatic carbocycles. The Kier molecular flexibility index (Phi) is 4.39. The van der Waals surface area contributed by atoms with Crippen LogP contribution in [0.4, 0.5) is 5.69 Å². The molecular weight excluding hydrogens is 306 g/mol. The first-order valence-corrected chi connectivity index (χ1v) is 6.59. The van der Waals surface area contributed by atoms with Crippen molar-refractivity contribution < 1.29 is 14.5 Å². The highest BCUT2D eigenvalue weighted by molar-refractivity contribution is 5.97. The molecule has 0 spiro atoms. The molecule has 2 amide bonds. The number of carbonyl (C=O) groups is 2. The maximum atomic E-state index is 11.9. The van der Waals surface area contributed by atoms with Gasteiger partial charge in [-0.1, -0.05) is 0 Å². The Morgan fingerprint density at radius 1 is 1.35 bits per heavy atom. The van der Waals surface area contributed by atoms with E-state index in [0.29, 0.717) is 0 Å². The number of hydrazine groups is 1. The highest BCUT2D eigenvalue weighted by Crippen LogP contribution is 2.19. The van der Waals surface area contributed by atoms with Gasteiger partial charge in [-0.3, -0.25) is 40.3 Å². The second-order valence-electron chi connectivity index (χ2n) is 4.89. The molecule has 2 heterocycles. The number of aryl methyl sites for hydroxylation is 3. The van der Waals surface area contributed by atoms with Crippen molar-refractivity contribution >= 4 is 17.5 Å². The van der Waals surface area contributed by atoms with Crippen LogP contribution in [-0.4, -0.2) is 36.7 Å². The topological polar surface area (TPSA) is 148 Å². The van der Waals surface area contributed by atoms with Crippen molar-refractivity contribution in [2.75, 3.05) is 0 Å². The predicted octanol–water partition coefficient (Wildman–Crippen LogP) is -0.0991. The van der Waals surface area contributed by atoms with Gasteiger partial charge < -0.3 is 0 Å². The molecule has 0 atom stereocenters. The standard InChI is InChI=1S/C12H15N7O4/c1-6-4-7(2)18(17-6)5-9(20)14-16-12(21)10-11(19(22)23)8(3)13-15-10/h4H,5H2,1-3H3,(H,13,15)(H,14,20)(H,16,21). The van der Waals surface area contributed by atoms with Crippen molar-refractivity contribution in [3.63, 3.8) is 0 Å². The van der Waals surface area contributed by atoms with Crippen molar-refractivity contribution in [1.29, 1.82) is 0 Å². The van der Waals surface area contributed by atoms with Crippen LogP contribution in [0.5, 0.6) is 0 Å². The Morgan fingerprint density at radius 2 is 2.04 bits per heavy atom. The van der Waals surface area contributed by atoms with E-state index in [9.17, 15) is 19.7 Å². The van der Waals surface area contributed by atoms with Gasteiger partial charge in [-0.15, -0.1) is 0 Å². The van der Waals surface area contributed by atoms with Crippen LogP contribution >= 0.6 is 0 Å². The number of amides is 2. The molecule has 122 valence electrons. The van der Waals surface area contributed by atoms with E-state index < -0.39 is 28.1 Å². The average molecular weight is 321 g/mol. The van der Waals surface area contributed by atoms with Crippen LogP contribution in [0, 0.1) is 30.9 Å². The molecule has 0 aliphatic heterocycles. The zero-order valence-corrected chi connectivity index (χ0v) is 12.7. The Bertz CT molecular complexity index is 776. The molecule has 11 nitrogen and oxygen atoms in total. The molecule has 0 aliphatic rings. The fourth-order valence-electron chi connectivity index (χ4n) is 2.00. The normalized spacial score (nSPS) is 10.4. The first-order valence-electron chi connectivity index (χ1n) is 6.59. The van der Waals surface area contributed by atoms with E-state index in [4.69, 9.17) is 0 Å². The molecule has 0 saturated heterocycles. The fraction of sp³-hybridized carbons (Fsp3) is 0.333. The minimum atomic E-state index is -0.886. The number of rotatable bonds is 4. The lowest BCUT2D eigenvalue weighted by atomic mass is 10.3. The number of H-pyrrole nitrogens is 1. The molecule has 2 rings (SSSR count). The summed E-state index contributed by atoms with van der Waals surface area (Å²) >= 11 is 0. The lowest BCUT2D eigenvalue weighted by Crippen LogP contribution is -2.43. The van der Waals surface area contributed by atoms with Crippen molar-refractivity contribution in [3.8, 4) is 0 Å². The lowest BCUT2D eigenvalue weighted by Gasteiger charge is -2.07. The minimum absolute atomic E-state index is 0.0956. The molecule has 0 unspecified atom stereocenters. The smallest absolute Gasteiger partial charge is 0.275 e.